The number of nitrogens with zero attached hydrogens (tertiary/aromatic N) is 1. The molecule has 1 unspecified atom stereocenters. The van der Waals surface area contributed by atoms with Gasteiger partial charge in [0, 0.05) is 19.3 Å². The first-order valence-corrected chi connectivity index (χ1v) is 7.38. The number of hydrogen-bond donors (Lipinski definition) is 0. The van der Waals surface area contributed by atoms with E-state index in [0.29, 0.717) is 16.2 Å². The summed E-state index contributed by atoms with van der Waals surface area (Å²) in [5.41, 5.74) is 0.314. The molecule has 1 atom stereocenters. The highest BCUT2D eigenvalue weighted by Gasteiger charge is 2.34. The third kappa shape index (κ3) is 3.87. The molecule has 0 N–H and O–H groups in total. The largest absolute Gasteiger partial charge is 0.429 e. The van der Waals surface area contributed by atoms with Crippen molar-refractivity contribution in [1.82, 2.24) is 0 Å². The maximum absolute atomic E-state index is 14.4. The first-order chi connectivity index (χ1) is 8.97. The molecule has 0 aliphatic heterocycles. The van der Waals surface area contributed by atoms with Crippen LogP contribution in [0.15, 0.2) is 12.1 Å². The topological polar surface area (TPSA) is 12.5 Å². The van der Waals surface area contributed by atoms with Crippen LogP contribution in [0.3, 0.4) is 0 Å². The van der Waals surface area contributed by atoms with E-state index in [0.717, 1.165) is 0 Å². The fourth-order valence-electron chi connectivity index (χ4n) is 1.42. The van der Waals surface area contributed by atoms with Crippen LogP contribution < -0.4 is 10.4 Å². The molecule has 111 valence electrons. The second kappa shape index (κ2) is 6.21. The summed E-state index contributed by atoms with van der Waals surface area (Å²) in [7, 11) is 7.72. The summed E-state index contributed by atoms with van der Waals surface area (Å²) in [6.07, 6.45) is 0. The van der Waals surface area contributed by atoms with Crippen molar-refractivity contribution >= 4 is 39.5 Å². The molecule has 0 fully saturated rings. The monoisotopic (exact) mass is 316 g/mol. The van der Waals surface area contributed by atoms with Crippen LogP contribution in [0.2, 0.25) is 5.02 Å². The second-order valence-electron chi connectivity index (χ2n) is 6.16. The zero-order chi connectivity index (χ0) is 15.7. The van der Waals surface area contributed by atoms with E-state index in [-0.39, 0.29) is 11.0 Å². The first kappa shape index (κ1) is 17.7. The van der Waals surface area contributed by atoms with Crippen LogP contribution in [0.1, 0.15) is 27.7 Å². The Labute approximate surface area is 129 Å². The number of anilines is 1. The average Bonchev–Trinajstić information content (AvgIpc) is 2.25. The van der Waals surface area contributed by atoms with Crippen LogP contribution in [-0.4, -0.2) is 32.3 Å². The van der Waals surface area contributed by atoms with E-state index in [4.69, 9.17) is 16.3 Å². The van der Waals surface area contributed by atoms with Crippen LogP contribution in [0, 0.1) is 5.82 Å². The molecular formula is C14H22BClFNOP. The number of halogens is 2. The summed E-state index contributed by atoms with van der Waals surface area (Å²) in [5.74, 6) is -0.375. The van der Waals surface area contributed by atoms with Gasteiger partial charge in [-0.25, -0.2) is 4.39 Å². The zero-order valence-corrected chi connectivity index (χ0v) is 14.8. The molecule has 0 aromatic heterocycles. The third-order valence-corrected chi connectivity index (χ3v) is 4.58. The number of rotatable bonds is 5. The van der Waals surface area contributed by atoms with Crippen LogP contribution in [0.5, 0.6) is 0 Å². The Morgan fingerprint density at radius 1 is 1.25 bits per heavy atom. The Bertz CT molecular complexity index is 489. The normalized spacial score (nSPS) is 12.4. The van der Waals surface area contributed by atoms with Gasteiger partial charge in [-0.3, -0.25) is 0 Å². The quantitative estimate of drug-likeness (QED) is 0.611. The molecule has 1 radical (unpaired) electrons. The molecule has 0 heterocycles. The summed E-state index contributed by atoms with van der Waals surface area (Å²) in [6, 6.07) is 3.30. The summed E-state index contributed by atoms with van der Waals surface area (Å²) >= 11 is 6.02. The van der Waals surface area contributed by atoms with E-state index in [1.54, 1.807) is 31.1 Å². The molecule has 0 aliphatic rings. The lowest BCUT2D eigenvalue weighted by Gasteiger charge is -2.39. The van der Waals surface area contributed by atoms with Crippen molar-refractivity contribution in [3.8, 4) is 0 Å². The van der Waals surface area contributed by atoms with Crippen molar-refractivity contribution in [3.05, 3.63) is 23.0 Å². The maximum Gasteiger partial charge on any atom is 0.333 e. The van der Waals surface area contributed by atoms with Crippen molar-refractivity contribution < 1.29 is 9.04 Å². The molecule has 6 heteroatoms. The minimum Gasteiger partial charge on any atom is -0.429 e. The van der Waals surface area contributed by atoms with Crippen molar-refractivity contribution in [2.75, 3.05) is 19.0 Å². The van der Waals surface area contributed by atoms with Crippen LogP contribution >= 0.6 is 20.8 Å². The molecule has 1 aromatic rings. The summed E-state index contributed by atoms with van der Waals surface area (Å²) < 4.78 is 20.2. The van der Waals surface area contributed by atoms with Crippen molar-refractivity contribution in [1.29, 1.82) is 0 Å². The van der Waals surface area contributed by atoms with Crippen LogP contribution in [-0.2, 0) is 4.65 Å². The van der Waals surface area contributed by atoms with E-state index in [9.17, 15) is 4.39 Å². The van der Waals surface area contributed by atoms with Gasteiger partial charge in [0.15, 0.2) is 0 Å². The molecule has 1 aromatic carbocycles. The van der Waals surface area contributed by atoms with Gasteiger partial charge in [-0.2, -0.15) is 0 Å². The SMILES string of the molecule is CN(C)c1c(Cl)ccc([B]OC(C)(C)C(C)(C)P)c1F. The standard InChI is InChI=1S/C14H22BClFNOP/c1-13(2,14(3,4)20)19-15-9-7-8-10(16)12(11(9)17)18(5)6/h7-8H,20H2,1-6H3. The summed E-state index contributed by atoms with van der Waals surface area (Å²) in [5, 5.41) is 0.242. The van der Waals surface area contributed by atoms with Gasteiger partial charge in [-0.15, -0.1) is 9.24 Å². The Kier molecular flexibility index (Phi) is 5.51. The Morgan fingerprint density at radius 3 is 2.25 bits per heavy atom. The molecule has 0 saturated carbocycles. The lowest BCUT2D eigenvalue weighted by atomic mass is 9.83. The molecule has 20 heavy (non-hydrogen) atoms. The lowest BCUT2D eigenvalue weighted by Crippen LogP contribution is -2.45. The van der Waals surface area contributed by atoms with Crippen molar-refractivity contribution in [3.63, 3.8) is 0 Å². The van der Waals surface area contributed by atoms with Crippen molar-refractivity contribution in [2.24, 2.45) is 0 Å². The lowest BCUT2D eigenvalue weighted by molar-refractivity contribution is 0.0839. The Balaban J connectivity index is 2.98. The van der Waals surface area contributed by atoms with Gasteiger partial charge in [0.05, 0.1) is 16.3 Å². The highest BCUT2D eigenvalue weighted by molar-refractivity contribution is 7.19. The molecule has 0 aliphatic carbocycles. The Morgan fingerprint density at radius 2 is 1.80 bits per heavy atom. The highest BCUT2D eigenvalue weighted by Crippen LogP contribution is 2.33. The smallest absolute Gasteiger partial charge is 0.333 e. The molecule has 0 spiro atoms. The number of benzene rings is 1. The second-order valence-corrected chi connectivity index (χ2v) is 8.01. The molecule has 0 amide bonds. The summed E-state index contributed by atoms with van der Waals surface area (Å²) in [6.45, 7) is 8.04. The minimum atomic E-state index is -0.442. The third-order valence-electron chi connectivity index (χ3n) is 3.58. The predicted molar refractivity (Wildman–Crippen MR) is 90.1 cm³/mol. The fourth-order valence-corrected chi connectivity index (χ4v) is 1.80. The molecule has 2 nitrogen and oxygen atoms in total. The predicted octanol–water partition coefficient (Wildman–Crippen LogP) is 3.24. The van der Waals surface area contributed by atoms with Gasteiger partial charge in [0.25, 0.3) is 0 Å². The first-order valence-electron chi connectivity index (χ1n) is 6.42. The van der Waals surface area contributed by atoms with E-state index < -0.39 is 5.60 Å². The van der Waals surface area contributed by atoms with Gasteiger partial charge in [-0.05, 0) is 25.4 Å². The summed E-state index contributed by atoms with van der Waals surface area (Å²) in [4.78, 5) is 1.65. The van der Waals surface area contributed by atoms with E-state index in [2.05, 4.69) is 23.1 Å². The van der Waals surface area contributed by atoms with Gasteiger partial charge >= 0.3 is 7.48 Å². The van der Waals surface area contributed by atoms with Crippen LogP contribution in [0.4, 0.5) is 10.1 Å². The van der Waals surface area contributed by atoms with E-state index >= 15 is 0 Å². The van der Waals surface area contributed by atoms with Gasteiger partial charge in [-0.1, -0.05) is 31.5 Å². The Hall–Kier alpha value is -0.305. The maximum atomic E-state index is 14.4. The highest BCUT2D eigenvalue weighted by atomic mass is 35.5. The number of hydrogen-bond acceptors (Lipinski definition) is 2. The van der Waals surface area contributed by atoms with Gasteiger partial charge < -0.3 is 9.55 Å². The van der Waals surface area contributed by atoms with Crippen LogP contribution in [0.25, 0.3) is 0 Å². The fraction of sp³-hybridized carbons (Fsp3) is 0.571. The average molecular weight is 317 g/mol. The minimum absolute atomic E-state index is 0.142. The zero-order valence-electron chi connectivity index (χ0n) is 12.9. The molecule has 0 bridgehead atoms. The molecular weight excluding hydrogens is 294 g/mol. The van der Waals surface area contributed by atoms with Gasteiger partial charge in [0.1, 0.15) is 5.82 Å². The van der Waals surface area contributed by atoms with E-state index in [1.807, 2.05) is 13.8 Å². The van der Waals surface area contributed by atoms with E-state index in [1.165, 1.54) is 7.48 Å². The van der Waals surface area contributed by atoms with Crippen molar-refractivity contribution in [2.45, 2.75) is 38.5 Å². The van der Waals surface area contributed by atoms with Gasteiger partial charge in [0.2, 0.25) is 0 Å². The molecule has 1 rings (SSSR count). The molecule has 0 saturated heterocycles.